The summed E-state index contributed by atoms with van der Waals surface area (Å²) in [5.74, 6) is 0.937. The minimum absolute atomic E-state index is 0.183. The topological polar surface area (TPSA) is 45.1 Å². The Morgan fingerprint density at radius 2 is 2.38 bits per heavy atom. The van der Waals surface area contributed by atoms with Crippen LogP contribution >= 0.6 is 23.4 Å². The fraction of sp³-hybridized carbons (Fsp3) is 0.545. The number of aliphatic hydroxyl groups is 1. The van der Waals surface area contributed by atoms with Crippen molar-refractivity contribution in [2.75, 3.05) is 18.9 Å². The van der Waals surface area contributed by atoms with E-state index >= 15 is 0 Å². The largest absolute Gasteiger partial charge is 0.395 e. The first-order chi connectivity index (χ1) is 7.76. The van der Waals surface area contributed by atoms with Crippen LogP contribution in [0.4, 0.5) is 0 Å². The lowest BCUT2D eigenvalue weighted by atomic mass is 10.2. The number of hydrogen-bond acceptors (Lipinski definition) is 4. The summed E-state index contributed by atoms with van der Waals surface area (Å²) in [7, 11) is 0. The van der Waals surface area contributed by atoms with Gasteiger partial charge in [-0.25, -0.2) is 4.98 Å². The molecule has 2 N–H and O–H groups in total. The second kappa shape index (κ2) is 7.90. The third-order valence-corrected chi connectivity index (χ3v) is 3.33. The van der Waals surface area contributed by atoms with Crippen LogP contribution in [0.5, 0.6) is 0 Å². The van der Waals surface area contributed by atoms with Crippen molar-refractivity contribution in [1.29, 1.82) is 0 Å². The summed E-state index contributed by atoms with van der Waals surface area (Å²) < 4.78 is 0. The Morgan fingerprint density at radius 1 is 1.56 bits per heavy atom. The Hall–Kier alpha value is -0.290. The van der Waals surface area contributed by atoms with Gasteiger partial charge in [0, 0.05) is 18.0 Å². The monoisotopic (exact) mass is 260 g/mol. The van der Waals surface area contributed by atoms with E-state index in [1.54, 1.807) is 18.0 Å². The molecule has 0 amide bonds. The fourth-order valence-electron chi connectivity index (χ4n) is 1.30. The Bertz CT molecular complexity index is 295. The lowest BCUT2D eigenvalue weighted by Crippen LogP contribution is -2.32. The molecule has 0 spiro atoms. The van der Waals surface area contributed by atoms with E-state index in [2.05, 4.69) is 10.3 Å². The van der Waals surface area contributed by atoms with E-state index in [1.807, 2.05) is 19.1 Å². The van der Waals surface area contributed by atoms with E-state index in [1.165, 1.54) is 0 Å². The van der Waals surface area contributed by atoms with Gasteiger partial charge in [0.1, 0.15) is 0 Å². The third-order valence-electron chi connectivity index (χ3n) is 2.13. The van der Waals surface area contributed by atoms with Crippen LogP contribution in [-0.4, -0.2) is 35.0 Å². The van der Waals surface area contributed by atoms with Gasteiger partial charge in [0.2, 0.25) is 0 Å². The lowest BCUT2D eigenvalue weighted by Gasteiger charge is -2.13. The molecule has 0 saturated carbocycles. The van der Waals surface area contributed by atoms with Crippen molar-refractivity contribution in [3.05, 3.63) is 23.4 Å². The molecule has 16 heavy (non-hydrogen) atoms. The van der Waals surface area contributed by atoms with Gasteiger partial charge in [0.25, 0.3) is 0 Å². The Balaban J connectivity index is 2.26. The van der Waals surface area contributed by atoms with Gasteiger partial charge in [-0.05, 0) is 25.1 Å². The average molecular weight is 261 g/mol. The lowest BCUT2D eigenvalue weighted by molar-refractivity contribution is 0.242. The molecule has 1 rings (SSSR count). The zero-order valence-electron chi connectivity index (χ0n) is 9.32. The van der Waals surface area contributed by atoms with Crippen LogP contribution in [0.15, 0.2) is 23.4 Å². The molecule has 1 heterocycles. The molecule has 90 valence electrons. The summed E-state index contributed by atoms with van der Waals surface area (Å²) in [5.41, 5.74) is 0. The van der Waals surface area contributed by atoms with Gasteiger partial charge in [-0.3, -0.25) is 0 Å². The van der Waals surface area contributed by atoms with Crippen molar-refractivity contribution in [2.24, 2.45) is 0 Å². The maximum Gasteiger partial charge on any atom is 0.0960 e. The molecule has 1 unspecified atom stereocenters. The summed E-state index contributed by atoms with van der Waals surface area (Å²) >= 11 is 7.42. The highest BCUT2D eigenvalue weighted by molar-refractivity contribution is 7.99. The van der Waals surface area contributed by atoms with E-state index in [-0.39, 0.29) is 12.6 Å². The summed E-state index contributed by atoms with van der Waals surface area (Å²) in [6, 6.07) is 3.93. The molecule has 0 radical (unpaired) electrons. The molecule has 1 atom stereocenters. The number of thioether (sulfide) groups is 1. The number of pyridine rings is 1. The van der Waals surface area contributed by atoms with Crippen molar-refractivity contribution in [1.82, 2.24) is 10.3 Å². The molecule has 1 aromatic rings. The Kier molecular flexibility index (Phi) is 6.80. The summed E-state index contributed by atoms with van der Waals surface area (Å²) in [4.78, 5) is 4.20. The molecular weight excluding hydrogens is 244 g/mol. The second-order valence-electron chi connectivity index (χ2n) is 3.39. The number of aliphatic hydroxyl groups excluding tert-OH is 1. The van der Waals surface area contributed by atoms with Gasteiger partial charge < -0.3 is 10.4 Å². The van der Waals surface area contributed by atoms with Crippen LogP contribution in [0.1, 0.15) is 13.3 Å². The van der Waals surface area contributed by atoms with Crippen LogP contribution < -0.4 is 5.32 Å². The quantitative estimate of drug-likeness (QED) is 0.738. The number of rotatable bonds is 7. The second-order valence-corrected chi connectivity index (χ2v) is 4.94. The van der Waals surface area contributed by atoms with Gasteiger partial charge in [-0.1, -0.05) is 18.5 Å². The molecule has 0 saturated heterocycles. The van der Waals surface area contributed by atoms with E-state index in [9.17, 15) is 0 Å². The highest BCUT2D eigenvalue weighted by Crippen LogP contribution is 2.18. The Morgan fingerprint density at radius 3 is 2.94 bits per heavy atom. The number of halogens is 1. The van der Waals surface area contributed by atoms with Gasteiger partial charge in [-0.15, -0.1) is 11.8 Å². The SMILES string of the molecule is CCNC(CO)CCSc1ccc(Cl)cn1. The first kappa shape index (κ1) is 13.8. The highest BCUT2D eigenvalue weighted by atomic mass is 35.5. The van der Waals surface area contributed by atoms with Gasteiger partial charge in [-0.2, -0.15) is 0 Å². The van der Waals surface area contributed by atoms with Crippen LogP contribution in [-0.2, 0) is 0 Å². The first-order valence-electron chi connectivity index (χ1n) is 5.35. The highest BCUT2D eigenvalue weighted by Gasteiger charge is 2.05. The number of hydrogen-bond donors (Lipinski definition) is 2. The van der Waals surface area contributed by atoms with Gasteiger partial charge in [0.15, 0.2) is 0 Å². The maximum atomic E-state index is 9.09. The van der Waals surface area contributed by atoms with Crippen LogP contribution in [0.3, 0.4) is 0 Å². The molecule has 0 aromatic carbocycles. The average Bonchev–Trinajstić information content (AvgIpc) is 2.30. The predicted octanol–water partition coefficient (Wildman–Crippen LogP) is 2.19. The molecule has 0 aliphatic carbocycles. The van der Waals surface area contributed by atoms with Crippen molar-refractivity contribution in [2.45, 2.75) is 24.4 Å². The zero-order chi connectivity index (χ0) is 11.8. The van der Waals surface area contributed by atoms with Gasteiger partial charge in [0.05, 0.1) is 16.7 Å². The normalized spacial score (nSPS) is 12.7. The molecule has 0 aliphatic rings. The van der Waals surface area contributed by atoms with E-state index in [0.717, 1.165) is 23.7 Å². The number of nitrogens with one attached hydrogen (secondary N) is 1. The maximum absolute atomic E-state index is 9.09. The van der Waals surface area contributed by atoms with Crippen LogP contribution in [0.2, 0.25) is 5.02 Å². The smallest absolute Gasteiger partial charge is 0.0960 e. The van der Waals surface area contributed by atoms with Gasteiger partial charge >= 0.3 is 0 Å². The summed E-state index contributed by atoms with van der Waals surface area (Å²) in [5, 5.41) is 13.9. The van der Waals surface area contributed by atoms with Crippen molar-refractivity contribution < 1.29 is 5.11 Å². The van der Waals surface area contributed by atoms with Crippen molar-refractivity contribution >= 4 is 23.4 Å². The summed E-state index contributed by atoms with van der Waals surface area (Å²) in [6.07, 6.45) is 2.58. The van der Waals surface area contributed by atoms with Crippen molar-refractivity contribution in [3.63, 3.8) is 0 Å². The summed E-state index contributed by atoms with van der Waals surface area (Å²) in [6.45, 7) is 3.11. The van der Waals surface area contributed by atoms with E-state index in [0.29, 0.717) is 5.02 Å². The molecular formula is C11H17ClN2OS. The molecule has 0 bridgehead atoms. The number of aromatic nitrogens is 1. The molecule has 3 nitrogen and oxygen atoms in total. The number of likely N-dealkylation sites (N-methyl/N-ethyl adjacent to an activating group) is 1. The standard InChI is InChI=1S/C11H17ClN2OS/c1-2-13-10(8-15)5-6-16-11-4-3-9(12)7-14-11/h3-4,7,10,13,15H,2,5-6,8H2,1H3. The van der Waals surface area contributed by atoms with Crippen molar-refractivity contribution in [3.8, 4) is 0 Å². The minimum Gasteiger partial charge on any atom is -0.395 e. The minimum atomic E-state index is 0.183. The zero-order valence-corrected chi connectivity index (χ0v) is 10.9. The third kappa shape index (κ3) is 5.16. The van der Waals surface area contributed by atoms with E-state index < -0.39 is 0 Å². The van der Waals surface area contributed by atoms with Crippen LogP contribution in [0.25, 0.3) is 0 Å². The molecule has 1 aromatic heterocycles. The number of nitrogens with zero attached hydrogens (tertiary/aromatic N) is 1. The molecule has 0 fully saturated rings. The molecule has 0 aliphatic heterocycles. The van der Waals surface area contributed by atoms with Crippen LogP contribution in [0, 0.1) is 0 Å². The first-order valence-corrected chi connectivity index (χ1v) is 6.71. The fourth-order valence-corrected chi connectivity index (χ4v) is 2.31. The van der Waals surface area contributed by atoms with E-state index in [4.69, 9.17) is 16.7 Å². The molecule has 5 heteroatoms. The Labute approximate surface area is 106 Å². The predicted molar refractivity (Wildman–Crippen MR) is 69.1 cm³/mol.